The van der Waals surface area contributed by atoms with Gasteiger partial charge in [-0.3, -0.25) is 9.59 Å². The third-order valence-corrected chi connectivity index (χ3v) is 3.17. The van der Waals surface area contributed by atoms with Crippen LogP contribution in [0.15, 0.2) is 28.3 Å². The zero-order valence-electron chi connectivity index (χ0n) is 8.16. The van der Waals surface area contributed by atoms with E-state index in [-0.39, 0.29) is 26.8 Å². The molecule has 0 saturated heterocycles. The number of carboxylic acid groups (broad SMARTS) is 1. The van der Waals surface area contributed by atoms with Gasteiger partial charge in [0.25, 0.3) is 0 Å². The molecule has 0 bridgehead atoms. The zero-order valence-corrected chi connectivity index (χ0v) is 9.67. The lowest BCUT2D eigenvalue weighted by Crippen LogP contribution is -2.18. The second-order valence-electron chi connectivity index (χ2n) is 3.35. The lowest BCUT2D eigenvalue weighted by atomic mass is 9.92. The molecule has 1 aliphatic carbocycles. The number of hydrogen-bond acceptors (Lipinski definition) is 3. The van der Waals surface area contributed by atoms with Gasteiger partial charge in [-0.05, 0) is 18.2 Å². The van der Waals surface area contributed by atoms with Crippen molar-refractivity contribution in [1.82, 2.24) is 0 Å². The van der Waals surface area contributed by atoms with Crippen LogP contribution in [0.5, 0.6) is 0 Å². The third kappa shape index (κ3) is 1.75. The molecule has 1 aromatic carbocycles. The molecule has 1 aromatic rings. The molecule has 0 amide bonds. The van der Waals surface area contributed by atoms with Crippen molar-refractivity contribution in [3.05, 3.63) is 45.0 Å². The minimum Gasteiger partial charge on any atom is -0.478 e. The van der Waals surface area contributed by atoms with Gasteiger partial charge in [0, 0.05) is 11.1 Å². The molecule has 2 rings (SSSR count). The Balaban J connectivity index is 2.69. The molecule has 0 saturated carbocycles. The predicted molar refractivity (Wildman–Crippen MR) is 60.8 cm³/mol. The summed E-state index contributed by atoms with van der Waals surface area (Å²) in [4.78, 5) is 34.2. The van der Waals surface area contributed by atoms with Gasteiger partial charge in [-0.2, -0.15) is 0 Å². The molecule has 6 heteroatoms. The van der Waals surface area contributed by atoms with Crippen LogP contribution in [0.4, 0.5) is 0 Å². The molecule has 0 aliphatic heterocycles. The molecule has 0 aromatic heterocycles. The fraction of sp³-hybridized carbons (Fsp3) is 0. The van der Waals surface area contributed by atoms with E-state index in [2.05, 4.69) is 0 Å². The van der Waals surface area contributed by atoms with Crippen LogP contribution < -0.4 is 0 Å². The number of halogens is 2. The van der Waals surface area contributed by atoms with Gasteiger partial charge < -0.3 is 5.11 Å². The number of allylic oxidation sites excluding steroid dienone is 2. The average Bonchev–Trinajstić information content (AvgIpc) is 2.32. The van der Waals surface area contributed by atoms with Gasteiger partial charge in [0.15, 0.2) is 0 Å². The van der Waals surface area contributed by atoms with E-state index in [1.54, 1.807) is 0 Å². The van der Waals surface area contributed by atoms with E-state index in [0.29, 0.717) is 0 Å². The largest absolute Gasteiger partial charge is 0.478 e. The van der Waals surface area contributed by atoms with Crippen molar-refractivity contribution in [2.24, 2.45) is 0 Å². The first kappa shape index (κ1) is 11.8. The van der Waals surface area contributed by atoms with Crippen molar-refractivity contribution < 1.29 is 19.5 Å². The Labute approximate surface area is 105 Å². The maximum absolute atomic E-state index is 11.7. The highest BCUT2D eigenvalue weighted by molar-refractivity contribution is 6.59. The molecule has 0 unspecified atom stereocenters. The van der Waals surface area contributed by atoms with Crippen LogP contribution in [0.25, 0.3) is 0 Å². The minimum atomic E-state index is -1.19. The summed E-state index contributed by atoms with van der Waals surface area (Å²) in [6, 6.07) is 3.60. The Morgan fingerprint density at radius 2 is 1.53 bits per heavy atom. The zero-order chi connectivity index (χ0) is 12.7. The maximum Gasteiger partial charge on any atom is 0.335 e. The molecule has 0 heterocycles. The first-order chi connectivity index (χ1) is 7.93. The van der Waals surface area contributed by atoms with Crippen molar-refractivity contribution >= 4 is 40.7 Å². The van der Waals surface area contributed by atoms with E-state index in [9.17, 15) is 14.4 Å². The number of hydrogen-bond donors (Lipinski definition) is 1. The van der Waals surface area contributed by atoms with E-state index in [0.717, 1.165) is 6.07 Å². The van der Waals surface area contributed by atoms with Crippen LogP contribution in [0, 0.1) is 0 Å². The summed E-state index contributed by atoms with van der Waals surface area (Å²) in [7, 11) is 0. The number of fused-ring (bicyclic) bond motifs is 1. The maximum atomic E-state index is 11.7. The quantitative estimate of drug-likeness (QED) is 0.851. The van der Waals surface area contributed by atoms with Gasteiger partial charge in [-0.15, -0.1) is 0 Å². The van der Waals surface area contributed by atoms with Crippen LogP contribution in [-0.2, 0) is 0 Å². The minimum absolute atomic E-state index is 0.0377. The van der Waals surface area contributed by atoms with Gasteiger partial charge in [0.1, 0.15) is 10.1 Å². The Morgan fingerprint density at radius 1 is 1.00 bits per heavy atom. The first-order valence-corrected chi connectivity index (χ1v) is 5.21. The Bertz CT molecular complexity index is 601. The molecule has 0 atom stereocenters. The molecule has 1 N–H and O–H groups in total. The van der Waals surface area contributed by atoms with Crippen LogP contribution in [-0.4, -0.2) is 22.6 Å². The molecule has 86 valence electrons. The average molecular weight is 271 g/mol. The Hall–Kier alpha value is -1.65. The smallest absolute Gasteiger partial charge is 0.335 e. The number of aromatic carboxylic acids is 1. The lowest BCUT2D eigenvalue weighted by Gasteiger charge is -2.14. The van der Waals surface area contributed by atoms with E-state index in [1.807, 2.05) is 0 Å². The molecule has 4 nitrogen and oxygen atoms in total. The number of carbonyl (C=O) groups excluding carboxylic acids is 2. The molecule has 0 radical (unpaired) electrons. The molecular weight excluding hydrogens is 267 g/mol. The summed E-state index contributed by atoms with van der Waals surface area (Å²) < 4.78 is 0. The molecule has 17 heavy (non-hydrogen) atoms. The first-order valence-electron chi connectivity index (χ1n) is 4.45. The SMILES string of the molecule is O=C(O)c1ccc2c(c1)C(=O)C(Cl)=C(Cl)C2=O. The van der Waals surface area contributed by atoms with Crippen molar-refractivity contribution in [2.75, 3.05) is 0 Å². The Morgan fingerprint density at radius 3 is 2.06 bits per heavy atom. The van der Waals surface area contributed by atoms with E-state index in [1.165, 1.54) is 12.1 Å². The van der Waals surface area contributed by atoms with Crippen LogP contribution in [0.1, 0.15) is 31.1 Å². The monoisotopic (exact) mass is 270 g/mol. The second-order valence-corrected chi connectivity index (χ2v) is 4.11. The highest BCUT2D eigenvalue weighted by Gasteiger charge is 2.31. The summed E-state index contributed by atoms with van der Waals surface area (Å²) in [5.41, 5.74) is -0.0638. The number of ketones is 2. The van der Waals surface area contributed by atoms with Gasteiger partial charge in [0.2, 0.25) is 11.6 Å². The molecule has 0 fully saturated rings. The second kappa shape index (κ2) is 3.98. The number of carbonyl (C=O) groups is 3. The topological polar surface area (TPSA) is 71.4 Å². The number of Topliss-reactive ketones (excluding diaryl/α,β-unsaturated/α-hetero) is 2. The fourth-order valence-electron chi connectivity index (χ4n) is 1.50. The lowest BCUT2D eigenvalue weighted by molar-refractivity contribution is 0.0696. The fourth-order valence-corrected chi connectivity index (χ4v) is 1.87. The number of carboxylic acids is 1. The van der Waals surface area contributed by atoms with Gasteiger partial charge in [-0.25, -0.2) is 4.79 Å². The highest BCUT2D eigenvalue weighted by Crippen LogP contribution is 2.31. The Kier molecular flexibility index (Phi) is 2.77. The summed E-state index contributed by atoms with van der Waals surface area (Å²) in [5.74, 6) is -2.41. The molecule has 1 aliphatic rings. The van der Waals surface area contributed by atoms with Crippen molar-refractivity contribution in [3.63, 3.8) is 0 Å². The third-order valence-electron chi connectivity index (χ3n) is 2.35. The normalized spacial score (nSPS) is 14.9. The van der Waals surface area contributed by atoms with Gasteiger partial charge in [-0.1, -0.05) is 23.2 Å². The van der Waals surface area contributed by atoms with Crippen LogP contribution in [0.3, 0.4) is 0 Å². The van der Waals surface area contributed by atoms with Crippen LogP contribution in [0.2, 0.25) is 0 Å². The summed E-state index contributed by atoms with van der Waals surface area (Å²) in [6.07, 6.45) is 0. The summed E-state index contributed by atoms with van der Waals surface area (Å²) in [6.45, 7) is 0. The van der Waals surface area contributed by atoms with Crippen molar-refractivity contribution in [1.29, 1.82) is 0 Å². The molecular formula is C11H4Cl2O4. The standard InChI is InChI=1S/C11H4Cl2O4/c12-7-8(13)10(15)6-3-4(11(16)17)1-2-5(6)9(7)14/h1-3H,(H,16,17). The van der Waals surface area contributed by atoms with Gasteiger partial charge >= 0.3 is 5.97 Å². The number of rotatable bonds is 1. The summed E-state index contributed by atoms with van der Waals surface area (Å²) in [5, 5.41) is 8.07. The highest BCUT2D eigenvalue weighted by atomic mass is 35.5. The summed E-state index contributed by atoms with van der Waals surface area (Å²) >= 11 is 11.2. The van der Waals surface area contributed by atoms with E-state index < -0.39 is 17.5 Å². The van der Waals surface area contributed by atoms with E-state index >= 15 is 0 Å². The number of benzene rings is 1. The molecule has 0 spiro atoms. The van der Waals surface area contributed by atoms with Crippen molar-refractivity contribution in [2.45, 2.75) is 0 Å². The van der Waals surface area contributed by atoms with Crippen LogP contribution >= 0.6 is 23.2 Å². The van der Waals surface area contributed by atoms with E-state index in [4.69, 9.17) is 28.3 Å². The van der Waals surface area contributed by atoms with Crippen molar-refractivity contribution in [3.8, 4) is 0 Å². The predicted octanol–water partition coefficient (Wildman–Crippen LogP) is 2.45. The van der Waals surface area contributed by atoms with Gasteiger partial charge in [0.05, 0.1) is 5.56 Å².